The molecule has 0 N–H and O–H groups in total. The number of benzene rings is 7. The van der Waals surface area contributed by atoms with Crippen LogP contribution < -0.4 is 0 Å². The molecule has 3 heteroatoms. The largest absolute Gasteiger partial charge is 0.439 e. The van der Waals surface area contributed by atoms with E-state index in [0.29, 0.717) is 0 Å². The highest BCUT2D eigenvalue weighted by Gasteiger charge is 2.19. The van der Waals surface area contributed by atoms with Gasteiger partial charge in [0.15, 0.2) is 0 Å². The van der Waals surface area contributed by atoms with Gasteiger partial charge in [-0.3, -0.25) is 4.57 Å². The van der Waals surface area contributed by atoms with Crippen molar-refractivity contribution in [1.29, 1.82) is 0 Å². The molecule has 0 spiro atoms. The molecule has 0 fully saturated rings. The standard InChI is InChI=1S/C44H28N2O/c1-2-15-33(16-3-1)46-41-23-9-6-20-37(41)43-38-28-32(24-25-42(38)47-44(43)46)30-13-10-12-29(26-30)31-14-11-17-34(27-31)45-39-21-7-4-18-35(39)36-19-5-8-22-40(36)45/h1-28H. The third-order valence-electron chi connectivity index (χ3n) is 9.51. The maximum Gasteiger partial charge on any atom is 0.213 e. The molecule has 220 valence electrons. The third-order valence-corrected chi connectivity index (χ3v) is 9.51. The molecule has 0 radical (unpaired) electrons. The predicted molar refractivity (Wildman–Crippen MR) is 196 cm³/mol. The molecular formula is C44H28N2O. The monoisotopic (exact) mass is 600 g/mol. The first-order chi connectivity index (χ1) is 23.3. The van der Waals surface area contributed by atoms with Crippen LogP contribution >= 0.6 is 0 Å². The van der Waals surface area contributed by atoms with E-state index < -0.39 is 0 Å². The molecule has 47 heavy (non-hydrogen) atoms. The first-order valence-corrected chi connectivity index (χ1v) is 16.0. The Kier molecular flexibility index (Phi) is 5.57. The Hall–Kier alpha value is -6.32. The summed E-state index contributed by atoms with van der Waals surface area (Å²) in [5, 5.41) is 6.01. The van der Waals surface area contributed by atoms with Crippen molar-refractivity contribution in [2.75, 3.05) is 0 Å². The van der Waals surface area contributed by atoms with Crippen LogP contribution in [0.1, 0.15) is 0 Å². The molecule has 10 rings (SSSR count). The quantitative estimate of drug-likeness (QED) is 0.197. The van der Waals surface area contributed by atoms with Crippen molar-refractivity contribution in [3.63, 3.8) is 0 Å². The van der Waals surface area contributed by atoms with E-state index in [4.69, 9.17) is 4.42 Å². The number of rotatable bonds is 4. The van der Waals surface area contributed by atoms with Crippen LogP contribution in [0.5, 0.6) is 0 Å². The van der Waals surface area contributed by atoms with E-state index in [1.165, 1.54) is 43.9 Å². The summed E-state index contributed by atoms with van der Waals surface area (Å²) in [4.78, 5) is 0. The normalized spacial score (nSPS) is 11.8. The maximum atomic E-state index is 6.58. The summed E-state index contributed by atoms with van der Waals surface area (Å²) < 4.78 is 11.2. The first kappa shape index (κ1) is 26.0. The molecular weight excluding hydrogens is 572 g/mol. The van der Waals surface area contributed by atoms with Gasteiger partial charge in [-0.2, -0.15) is 0 Å². The molecule has 10 aromatic rings. The zero-order valence-electron chi connectivity index (χ0n) is 25.5. The number of aromatic nitrogens is 2. The summed E-state index contributed by atoms with van der Waals surface area (Å²) in [6.07, 6.45) is 0. The molecule has 0 amide bonds. The lowest BCUT2D eigenvalue weighted by Crippen LogP contribution is -1.94. The van der Waals surface area contributed by atoms with Crippen LogP contribution in [0.15, 0.2) is 174 Å². The Bertz CT molecular complexity index is 2740. The van der Waals surface area contributed by atoms with Gasteiger partial charge in [-0.25, -0.2) is 0 Å². The fraction of sp³-hybridized carbons (Fsp3) is 0. The molecule has 0 saturated carbocycles. The van der Waals surface area contributed by atoms with Gasteiger partial charge in [0, 0.05) is 32.9 Å². The van der Waals surface area contributed by atoms with Crippen LogP contribution in [-0.4, -0.2) is 9.13 Å². The van der Waals surface area contributed by atoms with E-state index in [1.807, 2.05) is 6.07 Å². The molecule has 0 aliphatic rings. The Morgan fingerprint density at radius 2 is 0.872 bits per heavy atom. The number of nitrogens with zero attached hydrogens (tertiary/aromatic N) is 2. The van der Waals surface area contributed by atoms with E-state index in [-0.39, 0.29) is 0 Å². The predicted octanol–water partition coefficient (Wildman–Crippen LogP) is 12.0. The second kappa shape index (κ2) is 10.1. The molecule has 7 aromatic carbocycles. The van der Waals surface area contributed by atoms with Crippen LogP contribution in [0.4, 0.5) is 0 Å². The Balaban J connectivity index is 1.11. The van der Waals surface area contributed by atoms with Crippen LogP contribution in [0.25, 0.3) is 88.4 Å². The zero-order chi connectivity index (χ0) is 30.9. The molecule has 0 saturated heterocycles. The van der Waals surface area contributed by atoms with Gasteiger partial charge >= 0.3 is 0 Å². The van der Waals surface area contributed by atoms with E-state index in [1.54, 1.807) is 0 Å². The van der Waals surface area contributed by atoms with Gasteiger partial charge in [0.1, 0.15) is 5.58 Å². The van der Waals surface area contributed by atoms with Crippen molar-refractivity contribution >= 4 is 54.8 Å². The van der Waals surface area contributed by atoms with Gasteiger partial charge in [-0.15, -0.1) is 0 Å². The summed E-state index contributed by atoms with van der Waals surface area (Å²) in [6, 6.07) is 60.7. The smallest absolute Gasteiger partial charge is 0.213 e. The summed E-state index contributed by atoms with van der Waals surface area (Å²) >= 11 is 0. The second-order valence-electron chi connectivity index (χ2n) is 12.2. The fourth-order valence-electron chi connectivity index (χ4n) is 7.41. The highest BCUT2D eigenvalue weighted by molar-refractivity contribution is 6.20. The van der Waals surface area contributed by atoms with Crippen LogP contribution in [-0.2, 0) is 0 Å². The van der Waals surface area contributed by atoms with Gasteiger partial charge in [0.2, 0.25) is 5.71 Å². The number of hydrogen-bond donors (Lipinski definition) is 0. The minimum absolute atomic E-state index is 0.875. The van der Waals surface area contributed by atoms with Crippen LogP contribution in [0.2, 0.25) is 0 Å². The van der Waals surface area contributed by atoms with Crippen molar-refractivity contribution < 1.29 is 4.42 Å². The first-order valence-electron chi connectivity index (χ1n) is 16.0. The van der Waals surface area contributed by atoms with Crippen molar-refractivity contribution in [2.24, 2.45) is 0 Å². The van der Waals surface area contributed by atoms with Crippen molar-refractivity contribution in [3.8, 4) is 33.6 Å². The number of furan rings is 1. The minimum Gasteiger partial charge on any atom is -0.439 e. The molecule has 3 nitrogen and oxygen atoms in total. The molecule has 0 aliphatic heterocycles. The Morgan fingerprint density at radius 3 is 1.57 bits per heavy atom. The SMILES string of the molecule is c1ccc(-n2c3ccccc3c3c4cc(-c5cccc(-c6cccc(-n7c8ccccc8c8ccccc87)c6)c5)ccc4oc32)cc1. The average molecular weight is 601 g/mol. The number of fused-ring (bicyclic) bond motifs is 8. The molecule has 0 aliphatic carbocycles. The van der Waals surface area contributed by atoms with E-state index in [9.17, 15) is 0 Å². The van der Waals surface area contributed by atoms with Crippen molar-refractivity contribution in [1.82, 2.24) is 9.13 Å². The van der Waals surface area contributed by atoms with Gasteiger partial charge in [-0.1, -0.05) is 109 Å². The highest BCUT2D eigenvalue weighted by Crippen LogP contribution is 2.41. The van der Waals surface area contributed by atoms with Gasteiger partial charge < -0.3 is 8.98 Å². The molecule has 0 bridgehead atoms. The summed E-state index contributed by atoms with van der Waals surface area (Å²) in [5.74, 6) is 0. The Labute approximate surface area is 271 Å². The van der Waals surface area contributed by atoms with Crippen molar-refractivity contribution in [2.45, 2.75) is 0 Å². The zero-order valence-corrected chi connectivity index (χ0v) is 25.5. The van der Waals surface area contributed by atoms with E-state index in [2.05, 4.69) is 173 Å². The average Bonchev–Trinajstić information content (AvgIpc) is 3.79. The van der Waals surface area contributed by atoms with Gasteiger partial charge in [0.25, 0.3) is 0 Å². The maximum absolute atomic E-state index is 6.58. The van der Waals surface area contributed by atoms with E-state index in [0.717, 1.165) is 44.5 Å². The van der Waals surface area contributed by atoms with Gasteiger partial charge in [-0.05, 0) is 82.9 Å². The lowest BCUT2D eigenvalue weighted by atomic mass is 9.97. The molecule has 3 aromatic heterocycles. The molecule has 3 heterocycles. The van der Waals surface area contributed by atoms with Gasteiger partial charge in [0.05, 0.1) is 21.9 Å². The second-order valence-corrected chi connectivity index (χ2v) is 12.2. The minimum atomic E-state index is 0.875. The van der Waals surface area contributed by atoms with Crippen LogP contribution in [0, 0.1) is 0 Å². The molecule has 0 atom stereocenters. The summed E-state index contributed by atoms with van der Waals surface area (Å²) in [6.45, 7) is 0. The summed E-state index contributed by atoms with van der Waals surface area (Å²) in [7, 11) is 0. The lowest BCUT2D eigenvalue weighted by molar-refractivity contribution is 0.645. The summed E-state index contributed by atoms with van der Waals surface area (Å²) in [5.41, 5.74) is 12.3. The fourth-order valence-corrected chi connectivity index (χ4v) is 7.41. The van der Waals surface area contributed by atoms with Crippen molar-refractivity contribution in [3.05, 3.63) is 170 Å². The Morgan fingerprint density at radius 1 is 0.340 bits per heavy atom. The van der Waals surface area contributed by atoms with Crippen LogP contribution in [0.3, 0.4) is 0 Å². The topological polar surface area (TPSA) is 23.0 Å². The number of hydrogen-bond acceptors (Lipinski definition) is 1. The van der Waals surface area contributed by atoms with E-state index >= 15 is 0 Å². The highest BCUT2D eigenvalue weighted by atomic mass is 16.3. The lowest BCUT2D eigenvalue weighted by Gasteiger charge is -2.11. The molecule has 0 unspecified atom stereocenters. The number of para-hydroxylation sites is 4. The third kappa shape index (κ3) is 3.93.